The molecular weight excluding hydrogens is 352 g/mol. The molecule has 0 saturated carbocycles. The molecule has 8 heteroatoms. The van der Waals surface area contributed by atoms with Gasteiger partial charge in [-0.2, -0.15) is 0 Å². The van der Waals surface area contributed by atoms with Crippen LogP contribution in [-0.2, 0) is 14.3 Å². The van der Waals surface area contributed by atoms with Crippen molar-refractivity contribution in [2.45, 2.75) is 26.7 Å². The molecule has 0 bridgehead atoms. The van der Waals surface area contributed by atoms with Gasteiger partial charge in [0.25, 0.3) is 5.91 Å². The minimum atomic E-state index is -0.704. The number of carbonyl (C=O) groups is 3. The average molecular weight is 378 g/mol. The Bertz CT molecular complexity index is 672. The quantitative estimate of drug-likeness (QED) is 0.368. The number of imide groups is 1. The lowest BCUT2D eigenvalue weighted by molar-refractivity contribution is -0.143. The first-order chi connectivity index (χ1) is 13.0. The van der Waals surface area contributed by atoms with Gasteiger partial charge in [0.2, 0.25) is 0 Å². The number of urea groups is 1. The van der Waals surface area contributed by atoms with Crippen molar-refractivity contribution in [3.63, 3.8) is 0 Å². The van der Waals surface area contributed by atoms with Crippen molar-refractivity contribution in [3.8, 4) is 11.5 Å². The number of nitrogens with one attached hydrogen (secondary N) is 2. The van der Waals surface area contributed by atoms with Crippen LogP contribution in [0.2, 0.25) is 0 Å². The van der Waals surface area contributed by atoms with Gasteiger partial charge in [0.05, 0.1) is 13.7 Å². The Kier molecular flexibility index (Phi) is 10.1. The molecule has 1 rings (SSSR count). The van der Waals surface area contributed by atoms with Gasteiger partial charge in [-0.15, -0.1) is 0 Å². The van der Waals surface area contributed by atoms with Gasteiger partial charge in [0.15, 0.2) is 18.1 Å². The van der Waals surface area contributed by atoms with Gasteiger partial charge in [0.1, 0.15) is 0 Å². The molecule has 0 radical (unpaired) electrons. The number of rotatable bonds is 10. The first-order valence-corrected chi connectivity index (χ1v) is 8.73. The Morgan fingerprint density at radius 3 is 2.59 bits per heavy atom. The molecular formula is C19H26N2O6. The first-order valence-electron chi connectivity index (χ1n) is 8.73. The summed E-state index contributed by atoms with van der Waals surface area (Å²) in [5.74, 6) is -0.257. The Labute approximate surface area is 158 Å². The van der Waals surface area contributed by atoms with E-state index in [1.54, 1.807) is 18.2 Å². The van der Waals surface area contributed by atoms with Crippen molar-refractivity contribution in [2.75, 3.05) is 26.9 Å². The fourth-order valence-electron chi connectivity index (χ4n) is 2.00. The topological polar surface area (TPSA) is 103 Å². The second-order valence-corrected chi connectivity index (χ2v) is 5.44. The van der Waals surface area contributed by atoms with Crippen molar-refractivity contribution in [3.05, 3.63) is 29.8 Å². The molecule has 1 aromatic rings. The van der Waals surface area contributed by atoms with Gasteiger partial charge in [-0.3, -0.25) is 10.1 Å². The highest BCUT2D eigenvalue weighted by Gasteiger charge is 2.09. The number of carbonyl (C=O) groups excluding carboxylic acids is 3. The zero-order valence-corrected chi connectivity index (χ0v) is 15.9. The Hall–Kier alpha value is -3.03. The number of unbranched alkanes of at least 4 members (excludes halogenated alkanes) is 1. The summed E-state index contributed by atoms with van der Waals surface area (Å²) < 4.78 is 15.4. The highest BCUT2D eigenvalue weighted by atomic mass is 16.5. The predicted molar refractivity (Wildman–Crippen MR) is 101 cm³/mol. The number of methoxy groups -OCH3 is 1. The highest BCUT2D eigenvalue weighted by molar-refractivity contribution is 5.96. The Morgan fingerprint density at radius 2 is 1.93 bits per heavy atom. The van der Waals surface area contributed by atoms with Crippen molar-refractivity contribution in [1.29, 1.82) is 0 Å². The molecule has 0 atom stereocenters. The summed E-state index contributed by atoms with van der Waals surface area (Å²) in [6.07, 6.45) is 4.45. The molecule has 0 saturated heterocycles. The van der Waals surface area contributed by atoms with E-state index in [0.717, 1.165) is 12.8 Å². The van der Waals surface area contributed by atoms with Gasteiger partial charge in [-0.25, -0.2) is 9.59 Å². The summed E-state index contributed by atoms with van der Waals surface area (Å²) in [5, 5.41) is 4.61. The maximum atomic E-state index is 11.7. The zero-order valence-electron chi connectivity index (χ0n) is 15.9. The van der Waals surface area contributed by atoms with Gasteiger partial charge in [-0.1, -0.05) is 19.4 Å². The third-order valence-corrected chi connectivity index (χ3v) is 3.31. The van der Waals surface area contributed by atoms with Crippen LogP contribution in [-0.4, -0.2) is 44.8 Å². The van der Waals surface area contributed by atoms with E-state index in [0.29, 0.717) is 30.2 Å². The molecule has 8 nitrogen and oxygen atoms in total. The summed E-state index contributed by atoms with van der Waals surface area (Å²) in [5.41, 5.74) is 0.701. The molecule has 2 N–H and O–H groups in total. The van der Waals surface area contributed by atoms with Crippen molar-refractivity contribution < 1.29 is 28.6 Å². The minimum Gasteiger partial charge on any atom is -0.493 e. The fraction of sp³-hybridized carbons (Fsp3) is 0.421. The minimum absolute atomic E-state index is 0.476. The summed E-state index contributed by atoms with van der Waals surface area (Å²) >= 11 is 0. The van der Waals surface area contributed by atoms with Crippen molar-refractivity contribution in [1.82, 2.24) is 10.6 Å². The van der Waals surface area contributed by atoms with Crippen molar-refractivity contribution in [2.24, 2.45) is 0 Å². The second kappa shape index (κ2) is 12.3. The SMILES string of the molecule is CCCCNC(=O)NC(=O)COC(=O)/C=C/c1ccc(OCC)c(OC)c1. The van der Waals surface area contributed by atoms with Crippen LogP contribution in [0.4, 0.5) is 4.79 Å². The van der Waals surface area contributed by atoms with E-state index in [1.807, 2.05) is 13.8 Å². The Morgan fingerprint density at radius 1 is 1.15 bits per heavy atom. The normalized spacial score (nSPS) is 10.3. The van der Waals surface area contributed by atoms with E-state index in [1.165, 1.54) is 19.3 Å². The van der Waals surface area contributed by atoms with Crippen LogP contribution in [0.1, 0.15) is 32.3 Å². The lowest BCUT2D eigenvalue weighted by atomic mass is 10.2. The van der Waals surface area contributed by atoms with Crippen LogP contribution < -0.4 is 20.1 Å². The number of hydrogen-bond donors (Lipinski definition) is 2. The Balaban J connectivity index is 2.45. The van der Waals surface area contributed by atoms with Crippen molar-refractivity contribution >= 4 is 24.0 Å². The summed E-state index contributed by atoms with van der Waals surface area (Å²) in [6, 6.07) is 4.59. The molecule has 0 spiro atoms. The first kappa shape index (κ1) is 22.0. The molecule has 0 aliphatic heterocycles. The lowest BCUT2D eigenvalue weighted by Gasteiger charge is -2.09. The summed E-state index contributed by atoms with van der Waals surface area (Å²) in [4.78, 5) is 34.6. The number of ether oxygens (including phenoxy) is 3. The fourth-order valence-corrected chi connectivity index (χ4v) is 2.00. The van der Waals surface area contributed by atoms with E-state index in [9.17, 15) is 14.4 Å². The van der Waals surface area contributed by atoms with Gasteiger partial charge >= 0.3 is 12.0 Å². The molecule has 1 aromatic carbocycles. The number of esters is 1. The molecule has 148 valence electrons. The van der Waals surface area contributed by atoms with Crippen LogP contribution in [0.15, 0.2) is 24.3 Å². The number of benzene rings is 1. The molecule has 0 aliphatic carbocycles. The van der Waals surface area contributed by atoms with E-state index < -0.39 is 24.5 Å². The molecule has 27 heavy (non-hydrogen) atoms. The zero-order chi connectivity index (χ0) is 20.1. The van der Waals surface area contributed by atoms with E-state index in [2.05, 4.69) is 10.6 Å². The third-order valence-electron chi connectivity index (χ3n) is 3.31. The van der Waals surface area contributed by atoms with Gasteiger partial charge < -0.3 is 19.5 Å². The number of amides is 3. The second-order valence-electron chi connectivity index (χ2n) is 5.44. The van der Waals surface area contributed by atoms with Crippen LogP contribution in [0, 0.1) is 0 Å². The summed E-state index contributed by atoms with van der Waals surface area (Å²) in [6.45, 7) is 4.30. The van der Waals surface area contributed by atoms with Crippen LogP contribution in [0.3, 0.4) is 0 Å². The highest BCUT2D eigenvalue weighted by Crippen LogP contribution is 2.28. The standard InChI is InChI=1S/C19H26N2O6/c1-4-6-11-20-19(24)21-17(22)13-27-18(23)10-8-14-7-9-15(26-5-2)16(12-14)25-3/h7-10,12H,4-6,11,13H2,1-3H3,(H2,20,21,22,24)/b10-8+. The third kappa shape index (κ3) is 8.75. The van der Waals surface area contributed by atoms with E-state index in [4.69, 9.17) is 14.2 Å². The predicted octanol–water partition coefficient (Wildman–Crippen LogP) is 2.28. The maximum Gasteiger partial charge on any atom is 0.331 e. The number of hydrogen-bond acceptors (Lipinski definition) is 6. The van der Waals surface area contributed by atoms with Gasteiger partial charge in [-0.05, 0) is 37.1 Å². The van der Waals surface area contributed by atoms with Crippen LogP contribution >= 0.6 is 0 Å². The largest absolute Gasteiger partial charge is 0.493 e. The molecule has 0 aliphatic rings. The molecule has 0 unspecified atom stereocenters. The lowest BCUT2D eigenvalue weighted by Crippen LogP contribution is -2.41. The van der Waals surface area contributed by atoms with Crippen LogP contribution in [0.5, 0.6) is 11.5 Å². The molecule has 0 aromatic heterocycles. The van der Waals surface area contributed by atoms with E-state index >= 15 is 0 Å². The van der Waals surface area contributed by atoms with E-state index in [-0.39, 0.29) is 0 Å². The average Bonchev–Trinajstić information content (AvgIpc) is 2.65. The summed E-state index contributed by atoms with van der Waals surface area (Å²) in [7, 11) is 1.52. The van der Waals surface area contributed by atoms with Crippen LogP contribution in [0.25, 0.3) is 6.08 Å². The molecule has 0 heterocycles. The monoisotopic (exact) mass is 378 g/mol. The molecule has 3 amide bonds. The maximum absolute atomic E-state index is 11.7. The van der Waals surface area contributed by atoms with Gasteiger partial charge in [0, 0.05) is 12.6 Å². The smallest absolute Gasteiger partial charge is 0.331 e. The molecule has 0 fully saturated rings.